The summed E-state index contributed by atoms with van der Waals surface area (Å²) in [6.07, 6.45) is 4.58. The summed E-state index contributed by atoms with van der Waals surface area (Å²) in [6.45, 7) is 0.517. The number of anilines is 1. The topological polar surface area (TPSA) is 85.8 Å². The van der Waals surface area contributed by atoms with E-state index in [0.29, 0.717) is 33.9 Å². The van der Waals surface area contributed by atoms with Crippen molar-refractivity contribution in [1.29, 1.82) is 0 Å². The molecule has 0 spiro atoms. The van der Waals surface area contributed by atoms with E-state index in [0.717, 1.165) is 18.4 Å². The van der Waals surface area contributed by atoms with Crippen molar-refractivity contribution in [3.8, 4) is 5.75 Å². The molecule has 156 valence electrons. The van der Waals surface area contributed by atoms with Crippen molar-refractivity contribution in [2.45, 2.75) is 25.0 Å². The zero-order valence-electron chi connectivity index (χ0n) is 16.3. The van der Waals surface area contributed by atoms with Gasteiger partial charge >= 0.3 is 0 Å². The highest BCUT2D eigenvalue weighted by Gasteiger charge is 2.43. The van der Waals surface area contributed by atoms with E-state index in [1.807, 2.05) is 6.07 Å². The Morgan fingerprint density at radius 1 is 1.26 bits per heavy atom. The van der Waals surface area contributed by atoms with Crippen molar-refractivity contribution in [2.24, 2.45) is 0 Å². The highest BCUT2D eigenvalue weighted by molar-refractivity contribution is 6.30. The summed E-state index contributed by atoms with van der Waals surface area (Å²) in [4.78, 5) is 23.6. The first kappa shape index (κ1) is 18.4. The molecule has 2 aliphatic rings. The van der Waals surface area contributed by atoms with Crippen LogP contribution in [-0.2, 0) is 0 Å². The minimum Gasteiger partial charge on any atom is -0.487 e. The number of amides is 1. The Labute approximate surface area is 181 Å². The van der Waals surface area contributed by atoms with E-state index in [9.17, 15) is 4.79 Å². The van der Waals surface area contributed by atoms with Crippen LogP contribution in [0.15, 0.2) is 42.9 Å². The molecule has 0 aliphatic carbocycles. The second kappa shape index (κ2) is 6.55. The monoisotopic (exact) mass is 437 g/mol. The summed E-state index contributed by atoms with van der Waals surface area (Å²) < 4.78 is 22.8. The zero-order valence-corrected chi connectivity index (χ0v) is 17.0. The maximum Gasteiger partial charge on any atom is 0.257 e. The van der Waals surface area contributed by atoms with Crippen LogP contribution < -0.4 is 10.5 Å². The Morgan fingerprint density at radius 3 is 3.00 bits per heavy atom. The molecule has 2 N–H and O–H groups in total. The number of carbonyl (C=O) groups excluding carboxylic acids is 1. The highest BCUT2D eigenvalue weighted by atomic mass is 35.5. The van der Waals surface area contributed by atoms with Gasteiger partial charge in [0.05, 0.1) is 35.2 Å². The molecule has 0 saturated carbocycles. The molecule has 2 aliphatic heterocycles. The molecule has 0 bridgehead atoms. The number of nitrogen functional groups attached to an aromatic ring is 1. The summed E-state index contributed by atoms with van der Waals surface area (Å²) in [5, 5.41) is 0.576. The van der Waals surface area contributed by atoms with Gasteiger partial charge in [-0.3, -0.25) is 9.20 Å². The first-order valence-corrected chi connectivity index (χ1v) is 10.4. The quantitative estimate of drug-likeness (QED) is 0.486. The Morgan fingerprint density at radius 2 is 2.13 bits per heavy atom. The minimum absolute atomic E-state index is 0.0165. The number of nitrogens with two attached hydrogens (primary N) is 1. The van der Waals surface area contributed by atoms with Gasteiger partial charge in [-0.1, -0.05) is 17.7 Å². The van der Waals surface area contributed by atoms with Gasteiger partial charge in [0, 0.05) is 23.2 Å². The molecule has 1 fully saturated rings. The molecular formula is C22H17ClFN5O2. The number of benzene rings is 2. The number of carbonyl (C=O) groups is 1. The van der Waals surface area contributed by atoms with E-state index in [4.69, 9.17) is 22.1 Å². The van der Waals surface area contributed by atoms with Crippen LogP contribution in [0.3, 0.4) is 0 Å². The smallest absolute Gasteiger partial charge is 0.257 e. The number of halogens is 2. The van der Waals surface area contributed by atoms with Gasteiger partial charge in [-0.05, 0) is 31.0 Å². The first-order chi connectivity index (χ1) is 15.0. The van der Waals surface area contributed by atoms with Crippen LogP contribution in [0.1, 0.15) is 34.8 Å². The molecule has 1 saturated heterocycles. The summed E-state index contributed by atoms with van der Waals surface area (Å²) in [5.74, 6) is -0.0893. The third-order valence-electron chi connectivity index (χ3n) is 6.11. The molecule has 0 radical (unpaired) electrons. The summed E-state index contributed by atoms with van der Waals surface area (Å²) in [5.41, 5.74) is 8.36. The zero-order chi connectivity index (χ0) is 21.3. The molecule has 4 aromatic rings. The van der Waals surface area contributed by atoms with Crippen molar-refractivity contribution in [3.63, 3.8) is 0 Å². The predicted molar refractivity (Wildman–Crippen MR) is 114 cm³/mol. The van der Waals surface area contributed by atoms with Crippen LogP contribution in [0.2, 0.25) is 5.02 Å². The third-order valence-corrected chi connectivity index (χ3v) is 6.34. The molecule has 7 nitrogen and oxygen atoms in total. The van der Waals surface area contributed by atoms with Gasteiger partial charge in [-0.25, -0.2) is 14.4 Å². The number of hydrogen-bond donors (Lipinski definition) is 1. The summed E-state index contributed by atoms with van der Waals surface area (Å²) >= 11 is 6.11. The minimum atomic E-state index is -0.638. The number of piperidine rings is 1. The van der Waals surface area contributed by atoms with E-state index < -0.39 is 5.82 Å². The van der Waals surface area contributed by atoms with Gasteiger partial charge in [0.15, 0.2) is 0 Å². The number of nitrogens with zero attached hydrogens (tertiary/aromatic N) is 4. The number of hydrogen-bond acceptors (Lipinski definition) is 5. The first-order valence-electron chi connectivity index (χ1n) is 9.99. The lowest BCUT2D eigenvalue weighted by molar-refractivity contribution is 0.0361. The van der Waals surface area contributed by atoms with Crippen molar-refractivity contribution in [2.75, 3.05) is 12.3 Å². The SMILES string of the molecule is Nc1nc2cc(F)c(C(=O)N3CCC[C@@H]4Oc5cc(Cl)ccc5[C@@H]43)cc2n2cncc12. The number of likely N-dealkylation sites (tertiary alicyclic amines) is 1. The maximum atomic E-state index is 15.1. The van der Waals surface area contributed by atoms with E-state index >= 15 is 4.39 Å². The van der Waals surface area contributed by atoms with Crippen LogP contribution in [0.5, 0.6) is 5.75 Å². The lowest BCUT2D eigenvalue weighted by Gasteiger charge is -2.36. The van der Waals surface area contributed by atoms with E-state index in [1.165, 1.54) is 12.1 Å². The fourth-order valence-corrected chi connectivity index (χ4v) is 4.88. The summed E-state index contributed by atoms with van der Waals surface area (Å²) in [6, 6.07) is 7.93. The van der Waals surface area contributed by atoms with Crippen LogP contribution in [-0.4, -0.2) is 37.8 Å². The van der Waals surface area contributed by atoms with Crippen molar-refractivity contribution in [1.82, 2.24) is 19.3 Å². The average Bonchev–Trinajstić information content (AvgIpc) is 3.37. The Balaban J connectivity index is 1.47. The summed E-state index contributed by atoms with van der Waals surface area (Å²) in [7, 11) is 0. The van der Waals surface area contributed by atoms with E-state index in [1.54, 1.807) is 34.0 Å². The number of aromatic nitrogens is 3. The molecule has 6 rings (SSSR count). The maximum absolute atomic E-state index is 15.1. The van der Waals surface area contributed by atoms with Gasteiger partial charge in [0.25, 0.3) is 5.91 Å². The Hall–Kier alpha value is -3.39. The largest absolute Gasteiger partial charge is 0.487 e. The molecule has 9 heteroatoms. The molecule has 2 aromatic carbocycles. The van der Waals surface area contributed by atoms with Gasteiger partial charge in [0.1, 0.15) is 29.0 Å². The predicted octanol–water partition coefficient (Wildman–Crippen LogP) is 4.00. The number of fused-ring (bicyclic) bond motifs is 6. The Bertz CT molecular complexity index is 1390. The lowest BCUT2D eigenvalue weighted by Crippen LogP contribution is -2.44. The molecule has 31 heavy (non-hydrogen) atoms. The van der Waals surface area contributed by atoms with Crippen molar-refractivity contribution < 1.29 is 13.9 Å². The average molecular weight is 438 g/mol. The molecule has 2 atom stereocenters. The molecule has 4 heterocycles. The van der Waals surface area contributed by atoms with Crippen molar-refractivity contribution >= 4 is 39.9 Å². The molecule has 0 unspecified atom stereocenters. The van der Waals surface area contributed by atoms with E-state index in [2.05, 4.69) is 9.97 Å². The van der Waals surface area contributed by atoms with Gasteiger partial charge in [-0.15, -0.1) is 0 Å². The lowest BCUT2D eigenvalue weighted by atomic mass is 9.93. The number of ether oxygens (including phenoxy) is 1. The van der Waals surface area contributed by atoms with Gasteiger partial charge in [0.2, 0.25) is 0 Å². The molecular weight excluding hydrogens is 421 g/mol. The Kier molecular flexibility index (Phi) is 3.89. The third kappa shape index (κ3) is 2.68. The van der Waals surface area contributed by atoms with Crippen LogP contribution in [0, 0.1) is 5.82 Å². The van der Waals surface area contributed by atoms with Crippen LogP contribution >= 0.6 is 11.6 Å². The fourth-order valence-electron chi connectivity index (χ4n) is 4.71. The number of rotatable bonds is 1. The highest BCUT2D eigenvalue weighted by Crippen LogP contribution is 2.45. The number of imidazole rings is 1. The fraction of sp³-hybridized carbons (Fsp3) is 0.227. The standard InChI is InChI=1S/C22H17ClFN5O2/c23-11-3-4-12-19(6-11)31-18-2-1-5-28(20(12)18)22(30)13-7-16-15(8-14(13)24)27-21(25)17-9-26-10-29(16)17/h3-4,6-10,18,20H,1-2,5H2,(H2,25,27)/t18-,20-/m0/s1. The van der Waals surface area contributed by atoms with Gasteiger partial charge in [-0.2, -0.15) is 0 Å². The second-order valence-electron chi connectivity index (χ2n) is 7.89. The van der Waals surface area contributed by atoms with Gasteiger partial charge < -0.3 is 15.4 Å². The van der Waals surface area contributed by atoms with Crippen LogP contribution in [0.25, 0.3) is 16.6 Å². The molecule has 2 aromatic heterocycles. The van der Waals surface area contributed by atoms with Crippen LogP contribution in [0.4, 0.5) is 10.2 Å². The van der Waals surface area contributed by atoms with E-state index in [-0.39, 0.29) is 29.4 Å². The molecule has 1 amide bonds. The normalized spacial score (nSPS) is 20.0. The second-order valence-corrected chi connectivity index (χ2v) is 8.33. The van der Waals surface area contributed by atoms with Crippen molar-refractivity contribution in [3.05, 3.63) is 64.8 Å².